The van der Waals surface area contributed by atoms with Gasteiger partial charge in [-0.25, -0.2) is 14.6 Å². The van der Waals surface area contributed by atoms with Gasteiger partial charge in [-0.3, -0.25) is 4.79 Å². The van der Waals surface area contributed by atoms with Gasteiger partial charge in [0.2, 0.25) is 0 Å². The van der Waals surface area contributed by atoms with Crippen molar-refractivity contribution in [1.82, 2.24) is 19.7 Å². The number of carbonyl (C=O) groups excluding carboxylic acids is 1. The molecule has 0 fully saturated rings. The minimum absolute atomic E-state index is 0.229. The Hall–Kier alpha value is -3.52. The summed E-state index contributed by atoms with van der Waals surface area (Å²) in [5.41, 5.74) is 3.35. The molecule has 0 aliphatic carbocycles. The monoisotopic (exact) mass is 390 g/mol. The third-order valence-electron chi connectivity index (χ3n) is 4.05. The minimum Gasteiger partial charge on any atom is -0.357 e. The highest BCUT2D eigenvalue weighted by molar-refractivity contribution is 7.13. The van der Waals surface area contributed by atoms with E-state index in [1.165, 1.54) is 17.7 Å². The SMILES string of the molecule is O=C(Nc1ccc(Cn2cncn2)cc1)c1csc(NCc2ccccc2)n1. The van der Waals surface area contributed by atoms with Crippen molar-refractivity contribution in [2.24, 2.45) is 0 Å². The number of rotatable bonds is 7. The van der Waals surface area contributed by atoms with Crippen LogP contribution in [0.25, 0.3) is 0 Å². The van der Waals surface area contributed by atoms with Crippen LogP contribution in [0, 0.1) is 0 Å². The smallest absolute Gasteiger partial charge is 0.275 e. The van der Waals surface area contributed by atoms with E-state index in [-0.39, 0.29) is 5.91 Å². The molecule has 2 aromatic heterocycles. The van der Waals surface area contributed by atoms with Gasteiger partial charge in [-0.2, -0.15) is 5.10 Å². The molecule has 0 aliphatic rings. The van der Waals surface area contributed by atoms with E-state index in [2.05, 4.69) is 25.7 Å². The number of anilines is 2. The number of hydrogen-bond donors (Lipinski definition) is 2. The standard InChI is InChI=1S/C20H18N6OS/c27-19(18-12-28-20(25-18)22-10-15-4-2-1-3-5-15)24-17-8-6-16(7-9-17)11-26-14-21-13-23-26/h1-9,12-14H,10-11H2,(H,22,25)(H,24,27). The Kier molecular flexibility index (Phi) is 5.39. The first-order chi connectivity index (χ1) is 13.8. The van der Waals surface area contributed by atoms with E-state index >= 15 is 0 Å². The molecule has 2 heterocycles. The largest absolute Gasteiger partial charge is 0.357 e. The molecule has 140 valence electrons. The fraction of sp³-hybridized carbons (Fsp3) is 0.100. The minimum atomic E-state index is -0.229. The van der Waals surface area contributed by atoms with Gasteiger partial charge in [-0.1, -0.05) is 42.5 Å². The molecule has 8 heteroatoms. The second-order valence-electron chi connectivity index (χ2n) is 6.12. The van der Waals surface area contributed by atoms with Gasteiger partial charge in [0.25, 0.3) is 5.91 Å². The summed E-state index contributed by atoms with van der Waals surface area (Å²) in [6.45, 7) is 1.30. The number of carbonyl (C=O) groups is 1. The zero-order chi connectivity index (χ0) is 19.2. The van der Waals surface area contributed by atoms with Crippen LogP contribution in [0.5, 0.6) is 0 Å². The number of hydrogen-bond acceptors (Lipinski definition) is 6. The Morgan fingerprint density at radius 3 is 2.61 bits per heavy atom. The van der Waals surface area contributed by atoms with Gasteiger partial charge in [0.1, 0.15) is 18.3 Å². The summed E-state index contributed by atoms with van der Waals surface area (Å²) in [4.78, 5) is 20.7. The first-order valence-corrected chi connectivity index (χ1v) is 9.60. The maximum atomic E-state index is 12.4. The summed E-state index contributed by atoms with van der Waals surface area (Å²) in [5.74, 6) is -0.229. The molecule has 0 unspecified atom stereocenters. The van der Waals surface area contributed by atoms with Gasteiger partial charge in [0.05, 0.1) is 6.54 Å². The fourth-order valence-corrected chi connectivity index (χ4v) is 3.31. The van der Waals surface area contributed by atoms with E-state index in [1.807, 2.05) is 54.6 Å². The highest BCUT2D eigenvalue weighted by atomic mass is 32.1. The number of thiazole rings is 1. The lowest BCUT2D eigenvalue weighted by Crippen LogP contribution is -2.12. The van der Waals surface area contributed by atoms with Gasteiger partial charge in [0.15, 0.2) is 5.13 Å². The van der Waals surface area contributed by atoms with Crippen LogP contribution in [0.1, 0.15) is 21.6 Å². The summed E-state index contributed by atoms with van der Waals surface area (Å²) in [6.07, 6.45) is 3.17. The molecule has 0 spiro atoms. The van der Waals surface area contributed by atoms with Crippen LogP contribution in [0.3, 0.4) is 0 Å². The average molecular weight is 390 g/mol. The molecule has 2 N–H and O–H groups in total. The van der Waals surface area contributed by atoms with Crippen molar-refractivity contribution < 1.29 is 4.79 Å². The maximum absolute atomic E-state index is 12.4. The second kappa shape index (κ2) is 8.45. The van der Waals surface area contributed by atoms with Gasteiger partial charge >= 0.3 is 0 Å². The van der Waals surface area contributed by atoms with E-state index in [0.29, 0.717) is 18.8 Å². The predicted molar refractivity (Wildman–Crippen MR) is 109 cm³/mol. The van der Waals surface area contributed by atoms with Crippen LogP contribution in [0.15, 0.2) is 72.6 Å². The lowest BCUT2D eigenvalue weighted by molar-refractivity contribution is 0.102. The molecule has 28 heavy (non-hydrogen) atoms. The van der Waals surface area contributed by atoms with Crippen molar-refractivity contribution in [3.63, 3.8) is 0 Å². The van der Waals surface area contributed by atoms with Gasteiger partial charge in [0, 0.05) is 17.6 Å². The van der Waals surface area contributed by atoms with Gasteiger partial charge in [-0.15, -0.1) is 11.3 Å². The molecule has 2 aromatic carbocycles. The van der Waals surface area contributed by atoms with Crippen LogP contribution in [0.4, 0.5) is 10.8 Å². The molecule has 0 saturated carbocycles. The van der Waals surface area contributed by atoms with Gasteiger partial charge in [-0.05, 0) is 23.3 Å². The Bertz CT molecular complexity index is 1030. The third-order valence-corrected chi connectivity index (χ3v) is 4.85. The van der Waals surface area contributed by atoms with E-state index in [0.717, 1.165) is 21.9 Å². The molecule has 0 aliphatic heterocycles. The number of benzene rings is 2. The summed E-state index contributed by atoms with van der Waals surface area (Å²) >= 11 is 1.41. The summed E-state index contributed by atoms with van der Waals surface area (Å²) < 4.78 is 1.74. The molecule has 0 saturated heterocycles. The second-order valence-corrected chi connectivity index (χ2v) is 6.98. The summed E-state index contributed by atoms with van der Waals surface area (Å²) in [5, 5.41) is 12.7. The highest BCUT2D eigenvalue weighted by Gasteiger charge is 2.11. The molecular weight excluding hydrogens is 372 g/mol. The summed E-state index contributed by atoms with van der Waals surface area (Å²) in [6, 6.07) is 17.7. The van der Waals surface area contributed by atoms with E-state index in [1.54, 1.807) is 16.4 Å². The molecule has 0 atom stereocenters. The molecule has 0 bridgehead atoms. The van der Waals surface area contributed by atoms with Crippen molar-refractivity contribution in [3.8, 4) is 0 Å². The quantitative estimate of drug-likeness (QED) is 0.503. The Morgan fingerprint density at radius 2 is 1.86 bits per heavy atom. The van der Waals surface area contributed by atoms with E-state index in [9.17, 15) is 4.79 Å². The van der Waals surface area contributed by atoms with Crippen molar-refractivity contribution in [3.05, 3.63) is 89.5 Å². The number of amides is 1. The Morgan fingerprint density at radius 1 is 1.04 bits per heavy atom. The zero-order valence-corrected chi connectivity index (χ0v) is 15.8. The molecular formula is C20H18N6OS. The molecule has 7 nitrogen and oxygen atoms in total. The highest BCUT2D eigenvalue weighted by Crippen LogP contribution is 2.18. The number of nitrogens with zero attached hydrogens (tertiary/aromatic N) is 4. The van der Waals surface area contributed by atoms with Crippen LogP contribution in [-0.2, 0) is 13.1 Å². The van der Waals surface area contributed by atoms with Crippen molar-refractivity contribution in [2.75, 3.05) is 10.6 Å². The van der Waals surface area contributed by atoms with Crippen LogP contribution < -0.4 is 10.6 Å². The van der Waals surface area contributed by atoms with Crippen molar-refractivity contribution in [2.45, 2.75) is 13.1 Å². The first kappa shape index (κ1) is 17.9. The lowest BCUT2D eigenvalue weighted by atomic mass is 10.2. The Labute approximate surface area is 166 Å². The maximum Gasteiger partial charge on any atom is 0.275 e. The van der Waals surface area contributed by atoms with Crippen molar-refractivity contribution >= 4 is 28.1 Å². The molecule has 1 amide bonds. The van der Waals surface area contributed by atoms with Crippen LogP contribution >= 0.6 is 11.3 Å². The van der Waals surface area contributed by atoms with E-state index in [4.69, 9.17) is 0 Å². The number of nitrogens with one attached hydrogen (secondary N) is 2. The predicted octanol–water partition coefficient (Wildman–Crippen LogP) is 3.65. The molecule has 4 rings (SSSR count). The lowest BCUT2D eigenvalue weighted by Gasteiger charge is -2.05. The molecule has 0 radical (unpaired) electrons. The normalized spacial score (nSPS) is 10.6. The van der Waals surface area contributed by atoms with Crippen molar-refractivity contribution in [1.29, 1.82) is 0 Å². The first-order valence-electron chi connectivity index (χ1n) is 8.72. The Balaban J connectivity index is 1.33. The fourth-order valence-electron chi connectivity index (χ4n) is 2.62. The van der Waals surface area contributed by atoms with Crippen LogP contribution in [0.2, 0.25) is 0 Å². The van der Waals surface area contributed by atoms with E-state index < -0.39 is 0 Å². The third kappa shape index (κ3) is 4.60. The average Bonchev–Trinajstić information content (AvgIpc) is 3.41. The number of aromatic nitrogens is 4. The summed E-state index contributed by atoms with van der Waals surface area (Å²) in [7, 11) is 0. The van der Waals surface area contributed by atoms with Crippen LogP contribution in [-0.4, -0.2) is 25.7 Å². The van der Waals surface area contributed by atoms with Gasteiger partial charge < -0.3 is 10.6 Å². The molecule has 4 aromatic rings. The topological polar surface area (TPSA) is 84.7 Å². The zero-order valence-electron chi connectivity index (χ0n) is 14.9.